The average molecular weight is 209 g/mol. The summed E-state index contributed by atoms with van der Waals surface area (Å²) in [4.78, 5) is 11.8. The predicted octanol–water partition coefficient (Wildman–Crippen LogP) is 3.94. The van der Waals surface area contributed by atoms with E-state index in [-0.39, 0.29) is 11.5 Å². The van der Waals surface area contributed by atoms with Gasteiger partial charge in [0.2, 0.25) is 0 Å². The van der Waals surface area contributed by atoms with Crippen molar-refractivity contribution in [2.45, 2.75) is 26.8 Å². The molecule has 0 aliphatic heterocycles. The molecule has 1 rings (SSSR count). The highest BCUT2D eigenvalue weighted by Gasteiger charge is 2.22. The zero-order valence-corrected chi connectivity index (χ0v) is 9.54. The lowest BCUT2D eigenvalue weighted by Crippen LogP contribution is -2.21. The molecule has 2 nitrogen and oxygen atoms in total. The Morgan fingerprint density at radius 2 is 2.21 bits per heavy atom. The predicted molar refractivity (Wildman–Crippen MR) is 62.4 cm³/mol. The first-order valence-corrected chi connectivity index (χ1v) is 5.46. The SMILES string of the molecule is CC(C)(C)C(C=Cc1cccs1)N=O. The van der Waals surface area contributed by atoms with E-state index in [1.807, 2.05) is 50.4 Å². The minimum atomic E-state index is -0.260. The molecule has 0 N–H and O–H groups in total. The third-order valence-electron chi connectivity index (χ3n) is 1.99. The van der Waals surface area contributed by atoms with E-state index in [2.05, 4.69) is 5.18 Å². The molecule has 0 radical (unpaired) electrons. The van der Waals surface area contributed by atoms with Crippen molar-refractivity contribution in [2.75, 3.05) is 0 Å². The van der Waals surface area contributed by atoms with E-state index in [4.69, 9.17) is 0 Å². The highest BCUT2D eigenvalue weighted by atomic mass is 32.1. The monoisotopic (exact) mass is 209 g/mol. The Labute approximate surface area is 88.6 Å². The zero-order valence-electron chi connectivity index (χ0n) is 8.73. The van der Waals surface area contributed by atoms with Crippen LogP contribution in [0.5, 0.6) is 0 Å². The van der Waals surface area contributed by atoms with Crippen LogP contribution < -0.4 is 0 Å². The number of nitroso groups, excluding NO2 is 1. The molecule has 0 bridgehead atoms. The standard InChI is InChI=1S/C11H15NOS/c1-11(2,3)10(12-13)7-6-9-5-4-8-14-9/h4-8,10H,1-3H3. The Morgan fingerprint density at radius 3 is 2.64 bits per heavy atom. The largest absolute Gasteiger partial charge is 0.150 e. The summed E-state index contributed by atoms with van der Waals surface area (Å²) < 4.78 is 0. The van der Waals surface area contributed by atoms with Gasteiger partial charge in [-0.05, 0) is 22.9 Å². The van der Waals surface area contributed by atoms with Gasteiger partial charge >= 0.3 is 0 Å². The maximum absolute atomic E-state index is 10.6. The molecule has 0 aromatic carbocycles. The molecule has 1 unspecified atom stereocenters. The van der Waals surface area contributed by atoms with Gasteiger partial charge in [0.25, 0.3) is 0 Å². The number of rotatable bonds is 3. The quantitative estimate of drug-likeness (QED) is 0.693. The van der Waals surface area contributed by atoms with Gasteiger partial charge in [-0.15, -0.1) is 11.3 Å². The van der Waals surface area contributed by atoms with E-state index in [0.717, 1.165) is 4.88 Å². The minimum Gasteiger partial charge on any atom is -0.150 e. The van der Waals surface area contributed by atoms with Gasteiger partial charge in [0.05, 0.1) is 0 Å². The molecule has 0 aliphatic carbocycles. The first-order chi connectivity index (χ1) is 6.54. The maximum Gasteiger partial charge on any atom is 0.115 e. The zero-order chi connectivity index (χ0) is 10.6. The van der Waals surface area contributed by atoms with Crippen LogP contribution in [0, 0.1) is 10.3 Å². The summed E-state index contributed by atoms with van der Waals surface area (Å²) in [7, 11) is 0. The molecular formula is C11H15NOS. The molecule has 0 fully saturated rings. The van der Waals surface area contributed by atoms with Crippen molar-refractivity contribution in [3.63, 3.8) is 0 Å². The van der Waals surface area contributed by atoms with Gasteiger partial charge in [0.15, 0.2) is 0 Å². The lowest BCUT2D eigenvalue weighted by Gasteiger charge is -2.21. The van der Waals surface area contributed by atoms with Crippen LogP contribution in [0.1, 0.15) is 25.6 Å². The van der Waals surface area contributed by atoms with E-state index in [1.165, 1.54) is 0 Å². The molecule has 1 aromatic rings. The summed E-state index contributed by atoms with van der Waals surface area (Å²) in [6, 6.07) is 3.75. The van der Waals surface area contributed by atoms with E-state index >= 15 is 0 Å². The molecule has 1 atom stereocenters. The number of hydrogen-bond acceptors (Lipinski definition) is 3. The van der Waals surface area contributed by atoms with E-state index in [1.54, 1.807) is 11.3 Å². The van der Waals surface area contributed by atoms with Crippen LogP contribution in [0.4, 0.5) is 0 Å². The van der Waals surface area contributed by atoms with Crippen LogP contribution in [0.2, 0.25) is 0 Å². The van der Waals surface area contributed by atoms with Crippen molar-refractivity contribution in [1.29, 1.82) is 0 Å². The second kappa shape index (κ2) is 4.51. The van der Waals surface area contributed by atoms with Crippen molar-refractivity contribution in [3.8, 4) is 0 Å². The summed E-state index contributed by atoms with van der Waals surface area (Å²) in [5.41, 5.74) is -0.102. The molecule has 3 heteroatoms. The molecule has 76 valence electrons. The van der Waals surface area contributed by atoms with Crippen molar-refractivity contribution < 1.29 is 0 Å². The Hall–Kier alpha value is -0.960. The third-order valence-corrected chi connectivity index (χ3v) is 2.82. The highest BCUT2D eigenvalue weighted by Crippen LogP contribution is 2.24. The molecule has 1 aromatic heterocycles. The average Bonchev–Trinajstić information content (AvgIpc) is 2.55. The van der Waals surface area contributed by atoms with Gasteiger partial charge in [-0.2, -0.15) is 4.91 Å². The first kappa shape index (κ1) is 11.1. The lowest BCUT2D eigenvalue weighted by atomic mass is 9.87. The van der Waals surface area contributed by atoms with Crippen molar-refractivity contribution in [1.82, 2.24) is 0 Å². The van der Waals surface area contributed by atoms with Crippen LogP contribution in [0.3, 0.4) is 0 Å². The van der Waals surface area contributed by atoms with Crippen LogP contribution in [0.15, 0.2) is 28.8 Å². The minimum absolute atomic E-state index is 0.102. The second-order valence-corrected chi connectivity index (χ2v) is 5.27. The Balaban J connectivity index is 2.71. The molecule has 0 spiro atoms. The van der Waals surface area contributed by atoms with Gasteiger partial charge in [-0.25, -0.2) is 0 Å². The van der Waals surface area contributed by atoms with Crippen LogP contribution in [-0.4, -0.2) is 6.04 Å². The van der Waals surface area contributed by atoms with E-state index < -0.39 is 0 Å². The fourth-order valence-corrected chi connectivity index (χ4v) is 1.68. The van der Waals surface area contributed by atoms with E-state index in [0.29, 0.717) is 0 Å². The van der Waals surface area contributed by atoms with Gasteiger partial charge < -0.3 is 0 Å². The molecule has 0 saturated heterocycles. The van der Waals surface area contributed by atoms with Crippen molar-refractivity contribution >= 4 is 17.4 Å². The summed E-state index contributed by atoms with van der Waals surface area (Å²) in [5.74, 6) is 0. The number of hydrogen-bond donors (Lipinski definition) is 0. The normalized spacial score (nSPS) is 14.5. The topological polar surface area (TPSA) is 29.4 Å². The fourth-order valence-electron chi connectivity index (χ4n) is 1.05. The van der Waals surface area contributed by atoms with Crippen molar-refractivity contribution in [2.24, 2.45) is 10.6 Å². The first-order valence-electron chi connectivity index (χ1n) is 4.58. The Bertz CT molecular complexity index is 309. The number of thiophene rings is 1. The molecule has 1 heterocycles. The third kappa shape index (κ3) is 3.07. The second-order valence-electron chi connectivity index (χ2n) is 4.29. The highest BCUT2D eigenvalue weighted by molar-refractivity contribution is 7.10. The van der Waals surface area contributed by atoms with Crippen LogP contribution in [-0.2, 0) is 0 Å². The smallest absolute Gasteiger partial charge is 0.115 e. The van der Waals surface area contributed by atoms with Crippen molar-refractivity contribution in [3.05, 3.63) is 33.4 Å². The van der Waals surface area contributed by atoms with Crippen LogP contribution >= 0.6 is 11.3 Å². The van der Waals surface area contributed by atoms with Gasteiger partial charge in [0.1, 0.15) is 6.04 Å². The van der Waals surface area contributed by atoms with Crippen LogP contribution in [0.25, 0.3) is 6.08 Å². The summed E-state index contributed by atoms with van der Waals surface area (Å²) >= 11 is 1.66. The lowest BCUT2D eigenvalue weighted by molar-refractivity contribution is 0.367. The summed E-state index contributed by atoms with van der Waals surface area (Å²) in [5, 5.41) is 5.14. The fraction of sp³-hybridized carbons (Fsp3) is 0.455. The van der Waals surface area contributed by atoms with Gasteiger partial charge in [-0.1, -0.05) is 38.1 Å². The van der Waals surface area contributed by atoms with Gasteiger partial charge in [0, 0.05) is 4.88 Å². The molecular weight excluding hydrogens is 194 g/mol. The van der Waals surface area contributed by atoms with Gasteiger partial charge in [-0.3, -0.25) is 0 Å². The summed E-state index contributed by atoms with van der Waals surface area (Å²) in [6.07, 6.45) is 3.83. The molecule has 0 amide bonds. The Kier molecular flexibility index (Phi) is 3.58. The maximum atomic E-state index is 10.6. The Morgan fingerprint density at radius 1 is 1.50 bits per heavy atom. The molecule has 0 aliphatic rings. The van der Waals surface area contributed by atoms with E-state index in [9.17, 15) is 4.91 Å². The summed E-state index contributed by atoms with van der Waals surface area (Å²) in [6.45, 7) is 6.04. The number of nitrogens with zero attached hydrogens (tertiary/aromatic N) is 1. The molecule has 14 heavy (non-hydrogen) atoms. The molecule has 0 saturated carbocycles.